The molecule has 2 aromatic heterocycles. The van der Waals surface area contributed by atoms with Crippen LogP contribution in [0.2, 0.25) is 0 Å². The first-order chi connectivity index (χ1) is 28.0. The fourth-order valence-corrected chi connectivity index (χ4v) is 9.64. The average Bonchev–Trinajstić information content (AvgIpc) is 3.80. The lowest BCUT2D eigenvalue weighted by atomic mass is 9.93. The Balaban J connectivity index is 1.27. The zero-order chi connectivity index (χ0) is 42.4. The van der Waals surface area contributed by atoms with Crippen LogP contribution in [0.5, 0.6) is 11.5 Å². The van der Waals surface area contributed by atoms with E-state index < -0.39 is 72.9 Å². The van der Waals surface area contributed by atoms with Crippen LogP contribution in [0.4, 0.5) is 22.0 Å². The first kappa shape index (κ1) is 41.6. The molecular formula is C41H37F5N4O7S2. The normalized spacial score (nSPS) is 14.8. The fourth-order valence-electron chi connectivity index (χ4n) is 7.26. The number of nitrogens with zero attached hydrogens (tertiary/aromatic N) is 3. The number of H-pyrrole nitrogens is 1. The number of aryl methyl sites for hydroxylation is 2. The second-order valence-electron chi connectivity index (χ2n) is 14.0. The van der Waals surface area contributed by atoms with Gasteiger partial charge < -0.3 is 14.5 Å². The van der Waals surface area contributed by atoms with E-state index in [1.165, 1.54) is 35.2 Å². The molecule has 0 aliphatic carbocycles. The molecule has 59 heavy (non-hydrogen) atoms. The number of hydrogen-bond donors (Lipinski definition) is 1. The summed E-state index contributed by atoms with van der Waals surface area (Å²) in [7, 11) is -8.61. The number of imidazole rings is 1. The second kappa shape index (κ2) is 16.2. The van der Waals surface area contributed by atoms with Crippen LogP contribution in [0, 0.1) is 24.4 Å². The first-order valence-corrected chi connectivity index (χ1v) is 21.7. The van der Waals surface area contributed by atoms with E-state index in [1.807, 2.05) is 0 Å². The van der Waals surface area contributed by atoms with Gasteiger partial charge in [0.15, 0.2) is 21.4 Å². The number of carbonyl (C=O) groups excluding carboxylic acids is 1. The molecule has 18 heteroatoms. The van der Waals surface area contributed by atoms with Crippen LogP contribution in [0.25, 0.3) is 22.3 Å². The van der Waals surface area contributed by atoms with Crippen molar-refractivity contribution in [1.82, 2.24) is 18.8 Å². The van der Waals surface area contributed by atoms with E-state index in [0.29, 0.717) is 5.69 Å². The van der Waals surface area contributed by atoms with E-state index in [4.69, 9.17) is 9.47 Å². The van der Waals surface area contributed by atoms with Gasteiger partial charge in [0.05, 0.1) is 40.9 Å². The largest absolute Gasteiger partial charge is 0.466 e. The van der Waals surface area contributed by atoms with Crippen molar-refractivity contribution in [2.45, 2.75) is 55.4 Å². The van der Waals surface area contributed by atoms with E-state index in [1.54, 1.807) is 32.0 Å². The van der Waals surface area contributed by atoms with Gasteiger partial charge in [0.2, 0.25) is 0 Å². The van der Waals surface area contributed by atoms with Crippen LogP contribution in [-0.2, 0) is 42.2 Å². The molecule has 1 N–H and O–H groups in total. The Bertz CT molecular complexity index is 2810. The maximum Gasteiger partial charge on any atom is 0.306 e. The molecular weight excluding hydrogens is 820 g/mol. The molecule has 1 aliphatic heterocycles. The Hall–Kier alpha value is -5.59. The molecule has 1 unspecified atom stereocenters. The first-order valence-electron chi connectivity index (χ1n) is 18.4. The molecule has 0 amide bonds. The van der Waals surface area contributed by atoms with Crippen LogP contribution in [0.3, 0.4) is 0 Å². The number of benzene rings is 4. The number of ether oxygens (including phenoxy) is 2. The number of alkyl halides is 2. The Morgan fingerprint density at radius 2 is 1.73 bits per heavy atom. The van der Waals surface area contributed by atoms with E-state index in [-0.39, 0.29) is 82.2 Å². The molecule has 1 atom stereocenters. The highest BCUT2D eigenvalue weighted by atomic mass is 32.2. The van der Waals surface area contributed by atoms with Crippen molar-refractivity contribution < 1.29 is 53.1 Å². The fraction of sp³-hybridized carbons (Fsp3) is 0.268. The third-order valence-electron chi connectivity index (χ3n) is 9.95. The maximum absolute atomic E-state index is 16.2. The summed E-state index contributed by atoms with van der Waals surface area (Å²) in [5, 5.41) is -0.155. The van der Waals surface area contributed by atoms with Gasteiger partial charge in [0, 0.05) is 54.5 Å². The van der Waals surface area contributed by atoms with Crippen LogP contribution in [0.15, 0.2) is 88.8 Å². The van der Waals surface area contributed by atoms with Crippen molar-refractivity contribution in [3.8, 4) is 22.9 Å². The topological polar surface area (TPSA) is 141 Å². The highest BCUT2D eigenvalue weighted by Crippen LogP contribution is 2.42. The summed E-state index contributed by atoms with van der Waals surface area (Å²) in [5.74, 6) is -4.42. The molecule has 0 bridgehead atoms. The van der Waals surface area contributed by atoms with Gasteiger partial charge in [0.1, 0.15) is 28.1 Å². The number of aromatic nitrogens is 3. The van der Waals surface area contributed by atoms with Crippen molar-refractivity contribution in [3.63, 3.8) is 0 Å². The smallest absolute Gasteiger partial charge is 0.306 e. The van der Waals surface area contributed by atoms with Gasteiger partial charge in [-0.2, -0.15) is 0 Å². The average molecular weight is 857 g/mol. The molecule has 4 aromatic carbocycles. The summed E-state index contributed by atoms with van der Waals surface area (Å²) < 4.78 is 141. The van der Waals surface area contributed by atoms with E-state index in [2.05, 4.69) is 9.97 Å². The summed E-state index contributed by atoms with van der Waals surface area (Å²) in [6.07, 6.45) is -0.837. The van der Waals surface area contributed by atoms with Crippen molar-refractivity contribution in [1.29, 1.82) is 0 Å². The quantitative estimate of drug-likeness (QED) is 0.0907. The molecule has 0 fully saturated rings. The summed E-state index contributed by atoms with van der Waals surface area (Å²) in [5.41, 5.74) is 1.05. The van der Waals surface area contributed by atoms with Crippen LogP contribution in [0.1, 0.15) is 47.5 Å². The minimum absolute atomic E-state index is 0.0102. The molecule has 6 aromatic rings. The molecule has 7 rings (SSSR count). The lowest BCUT2D eigenvalue weighted by Gasteiger charge is -2.35. The van der Waals surface area contributed by atoms with E-state index in [0.717, 1.165) is 46.3 Å². The number of aromatic amines is 1. The Morgan fingerprint density at radius 1 is 0.983 bits per heavy atom. The number of nitrogens with one attached hydrogen (secondary N) is 1. The number of halogens is 5. The molecule has 0 saturated carbocycles. The number of fused-ring (bicyclic) bond motifs is 2. The predicted molar refractivity (Wildman–Crippen MR) is 207 cm³/mol. The van der Waals surface area contributed by atoms with Crippen molar-refractivity contribution in [2.75, 3.05) is 26.0 Å². The minimum atomic E-state index is -4.32. The monoisotopic (exact) mass is 856 g/mol. The minimum Gasteiger partial charge on any atom is -0.466 e. The molecule has 11 nitrogen and oxygen atoms in total. The van der Waals surface area contributed by atoms with Gasteiger partial charge >= 0.3 is 5.97 Å². The zero-order valence-electron chi connectivity index (χ0n) is 31.8. The molecule has 1 aliphatic rings. The number of hydrogen-bond acceptors (Lipinski definition) is 9. The Morgan fingerprint density at radius 3 is 2.42 bits per heavy atom. The summed E-state index contributed by atoms with van der Waals surface area (Å²) in [6.45, 7) is 2.90. The van der Waals surface area contributed by atoms with Crippen LogP contribution >= 0.6 is 0 Å². The number of sulfone groups is 1. The third-order valence-corrected chi connectivity index (χ3v) is 12.8. The van der Waals surface area contributed by atoms with Gasteiger partial charge in [-0.1, -0.05) is 35.9 Å². The van der Waals surface area contributed by atoms with Crippen LogP contribution in [-0.4, -0.2) is 74.0 Å². The van der Waals surface area contributed by atoms with Crippen molar-refractivity contribution in [2.24, 2.45) is 0 Å². The lowest BCUT2D eigenvalue weighted by molar-refractivity contribution is -0.143. The predicted octanol–water partition coefficient (Wildman–Crippen LogP) is 7.90. The van der Waals surface area contributed by atoms with Gasteiger partial charge in [-0.25, -0.2) is 47.7 Å². The second-order valence-corrected chi connectivity index (χ2v) is 17.8. The zero-order valence-corrected chi connectivity index (χ0v) is 33.4. The maximum atomic E-state index is 16.2. The third kappa shape index (κ3) is 8.20. The Labute approximate surface area is 336 Å². The van der Waals surface area contributed by atoms with E-state index in [9.17, 15) is 30.4 Å². The Kier molecular flexibility index (Phi) is 11.4. The van der Waals surface area contributed by atoms with Gasteiger partial charge in [-0.15, -0.1) is 0 Å². The summed E-state index contributed by atoms with van der Waals surface area (Å²) in [6, 6.07) is 14.5. The summed E-state index contributed by atoms with van der Waals surface area (Å²) >= 11 is 0. The number of carbonyl (C=O) groups is 1. The van der Waals surface area contributed by atoms with E-state index >= 15 is 13.2 Å². The van der Waals surface area contributed by atoms with Crippen LogP contribution < -0.4 is 4.74 Å². The molecule has 0 spiro atoms. The molecule has 3 heterocycles. The van der Waals surface area contributed by atoms with Gasteiger partial charge in [-0.05, 0) is 62.2 Å². The van der Waals surface area contributed by atoms with Crippen molar-refractivity contribution >= 4 is 36.7 Å². The summed E-state index contributed by atoms with van der Waals surface area (Å²) in [4.78, 5) is 20.2. The number of rotatable bonds is 13. The van der Waals surface area contributed by atoms with Crippen molar-refractivity contribution in [3.05, 3.63) is 125 Å². The molecule has 310 valence electrons. The van der Waals surface area contributed by atoms with Gasteiger partial charge in [0.25, 0.3) is 16.4 Å². The standard InChI is InChI=1S/C41H37F5N4O7S2/c1-4-56-35(51)15-10-24-6-5-7-28(36(24)46)38-37-32(17-18-49(38)22-34(44)45)47-41(48-37)29-20-25(11-14-30(29)42)57-39-31(43)21-33-27(40(39)58(3,52)53)16-19-50(33)59(54,55)26-12-8-23(2)9-13-26/h5-9,11-14,16,19-21,34,38H,4,10,15,17-18,22H2,1-3H3,(H,47,48). The highest BCUT2D eigenvalue weighted by Gasteiger charge is 2.36. The van der Waals surface area contributed by atoms with Gasteiger partial charge in [-0.3, -0.25) is 9.69 Å². The molecule has 0 radical (unpaired) electrons. The lowest BCUT2D eigenvalue weighted by Crippen LogP contribution is -2.39. The SMILES string of the molecule is CCOC(=O)CCc1cccc(C2c3nc(-c4cc(Oc5c(F)cc6c(ccn6S(=O)(=O)c6ccc(C)cc6)c5S(C)(=O)=O)ccc4F)[nH]c3CCN2CC(F)F)c1F. The number of esters is 1. The highest BCUT2D eigenvalue weighted by molar-refractivity contribution is 7.91. The molecule has 0 saturated heterocycles.